The minimum absolute atomic E-state index is 0.116. The van der Waals surface area contributed by atoms with Gasteiger partial charge in [-0.3, -0.25) is 4.79 Å². The third kappa shape index (κ3) is 3.10. The number of halogens is 2. The number of ketones is 1. The maximum Gasteiger partial charge on any atom is 0.163 e. The van der Waals surface area contributed by atoms with E-state index < -0.39 is 0 Å². The van der Waals surface area contributed by atoms with E-state index in [0.717, 1.165) is 43.5 Å². The Morgan fingerprint density at radius 3 is 2.55 bits per heavy atom. The number of hydrogen-bond acceptors (Lipinski definition) is 2. The number of Topliss-reactive ketones (excluding diaryl/α,β-unsaturated/α-hetero) is 1. The molecule has 0 bridgehead atoms. The zero-order valence-corrected chi connectivity index (χ0v) is 17.8. The average molecular weight is 451 g/mol. The normalized spacial score (nSPS) is 20.3. The van der Waals surface area contributed by atoms with E-state index in [1.807, 2.05) is 18.2 Å². The van der Waals surface area contributed by atoms with Crippen LogP contribution in [0.2, 0.25) is 0 Å². The Balaban J connectivity index is 1.81. The lowest BCUT2D eigenvalue weighted by Crippen LogP contribution is -2.33. The molecule has 146 valence electrons. The van der Waals surface area contributed by atoms with Crippen molar-refractivity contribution in [3.63, 3.8) is 0 Å². The number of rotatable bonds is 1. The number of carbonyl (C=O) groups excluding carboxylic acids is 1. The molecule has 3 aromatic rings. The summed E-state index contributed by atoms with van der Waals surface area (Å²) < 4.78 is 21.0. The Labute approximate surface area is 177 Å². The van der Waals surface area contributed by atoms with Crippen LogP contribution in [-0.4, -0.2) is 5.78 Å². The molecule has 0 amide bonds. The van der Waals surface area contributed by atoms with Crippen molar-refractivity contribution >= 4 is 32.5 Å². The number of ether oxygens (including phenoxy) is 1. The number of fused-ring (bicyclic) bond motifs is 3. The first-order valence-corrected chi connectivity index (χ1v) is 10.5. The Morgan fingerprint density at radius 1 is 1.03 bits per heavy atom. The van der Waals surface area contributed by atoms with Crippen LogP contribution in [0.4, 0.5) is 4.39 Å². The second-order valence-electron chi connectivity index (χ2n) is 8.71. The minimum atomic E-state index is -0.284. The van der Waals surface area contributed by atoms with E-state index in [1.54, 1.807) is 12.1 Å². The molecule has 1 aliphatic carbocycles. The summed E-state index contributed by atoms with van der Waals surface area (Å²) in [7, 11) is 0. The smallest absolute Gasteiger partial charge is 0.163 e. The molecule has 4 heteroatoms. The van der Waals surface area contributed by atoms with Gasteiger partial charge >= 0.3 is 0 Å². The van der Waals surface area contributed by atoms with E-state index in [2.05, 4.69) is 41.9 Å². The number of benzene rings is 3. The van der Waals surface area contributed by atoms with Crippen molar-refractivity contribution in [2.24, 2.45) is 5.41 Å². The van der Waals surface area contributed by atoms with Crippen LogP contribution < -0.4 is 4.74 Å². The van der Waals surface area contributed by atoms with Crippen LogP contribution in [0.5, 0.6) is 5.75 Å². The van der Waals surface area contributed by atoms with Crippen LogP contribution in [0.25, 0.3) is 10.8 Å². The molecule has 0 radical (unpaired) electrons. The van der Waals surface area contributed by atoms with Crippen LogP contribution in [0, 0.1) is 11.2 Å². The third-order valence-corrected chi connectivity index (χ3v) is 6.37. The molecule has 0 N–H and O–H groups in total. The zero-order valence-electron chi connectivity index (χ0n) is 16.3. The number of allylic oxidation sites excluding steroid dienone is 2. The predicted molar refractivity (Wildman–Crippen MR) is 116 cm³/mol. The summed E-state index contributed by atoms with van der Waals surface area (Å²) in [5, 5.41) is 2.12. The third-order valence-electron chi connectivity index (χ3n) is 5.88. The summed E-state index contributed by atoms with van der Waals surface area (Å²) in [5.74, 6) is 1.10. The van der Waals surface area contributed by atoms with Crippen molar-refractivity contribution in [1.82, 2.24) is 0 Å². The minimum Gasteiger partial charge on any atom is -0.461 e. The Bertz CT molecular complexity index is 1190. The van der Waals surface area contributed by atoms with Crippen molar-refractivity contribution in [3.8, 4) is 5.75 Å². The molecular weight excluding hydrogens is 431 g/mol. The fourth-order valence-electron chi connectivity index (χ4n) is 4.65. The second-order valence-corrected chi connectivity index (χ2v) is 9.62. The molecule has 5 rings (SSSR count). The highest BCUT2D eigenvalue weighted by Crippen LogP contribution is 2.52. The Hall–Kier alpha value is -2.46. The zero-order chi connectivity index (χ0) is 20.3. The topological polar surface area (TPSA) is 26.3 Å². The first-order chi connectivity index (χ1) is 13.8. The summed E-state index contributed by atoms with van der Waals surface area (Å²) in [5.41, 5.74) is 2.47. The lowest BCUT2D eigenvalue weighted by atomic mass is 9.69. The van der Waals surface area contributed by atoms with Crippen molar-refractivity contribution < 1.29 is 13.9 Å². The van der Waals surface area contributed by atoms with Crippen molar-refractivity contribution in [2.75, 3.05) is 0 Å². The summed E-state index contributed by atoms with van der Waals surface area (Å²) in [6.07, 6.45) is 1.20. The fourth-order valence-corrected chi connectivity index (χ4v) is 5.03. The van der Waals surface area contributed by atoms with Gasteiger partial charge in [0.05, 0.1) is 0 Å². The molecule has 0 saturated heterocycles. The van der Waals surface area contributed by atoms with Gasteiger partial charge in [0, 0.05) is 34.4 Å². The van der Waals surface area contributed by atoms with Gasteiger partial charge in [0.2, 0.25) is 0 Å². The van der Waals surface area contributed by atoms with Crippen molar-refractivity contribution in [1.29, 1.82) is 0 Å². The Morgan fingerprint density at radius 2 is 1.79 bits per heavy atom. The molecule has 0 aromatic heterocycles. The average Bonchev–Trinajstić information content (AvgIpc) is 2.66. The highest BCUT2D eigenvalue weighted by molar-refractivity contribution is 9.10. The van der Waals surface area contributed by atoms with Crippen LogP contribution in [-0.2, 0) is 4.79 Å². The fraction of sp³-hybridized carbons (Fsp3) is 0.240. The van der Waals surface area contributed by atoms with E-state index >= 15 is 0 Å². The van der Waals surface area contributed by atoms with Crippen molar-refractivity contribution in [2.45, 2.75) is 32.6 Å². The van der Waals surface area contributed by atoms with Crippen LogP contribution >= 0.6 is 15.9 Å². The molecule has 2 nitrogen and oxygen atoms in total. The highest BCUT2D eigenvalue weighted by Gasteiger charge is 2.42. The molecular formula is C25H20BrFO2. The predicted octanol–water partition coefficient (Wildman–Crippen LogP) is 6.91. The van der Waals surface area contributed by atoms with Crippen molar-refractivity contribution in [3.05, 3.63) is 87.3 Å². The van der Waals surface area contributed by atoms with Gasteiger partial charge in [-0.1, -0.05) is 54.0 Å². The summed E-state index contributed by atoms with van der Waals surface area (Å²) in [6, 6.07) is 16.6. The largest absolute Gasteiger partial charge is 0.461 e. The van der Waals surface area contributed by atoms with Gasteiger partial charge < -0.3 is 4.74 Å². The molecule has 0 saturated carbocycles. The molecule has 1 atom stereocenters. The second kappa shape index (κ2) is 6.53. The van der Waals surface area contributed by atoms with E-state index in [0.29, 0.717) is 12.8 Å². The number of hydrogen-bond donors (Lipinski definition) is 0. The van der Waals surface area contributed by atoms with Gasteiger partial charge in [0.25, 0.3) is 0 Å². The van der Waals surface area contributed by atoms with E-state index in [1.165, 1.54) is 12.1 Å². The monoisotopic (exact) mass is 450 g/mol. The quantitative estimate of drug-likeness (QED) is 0.402. The van der Waals surface area contributed by atoms with E-state index in [4.69, 9.17) is 4.74 Å². The molecule has 0 fully saturated rings. The van der Waals surface area contributed by atoms with Crippen LogP contribution in [0.15, 0.2) is 70.4 Å². The van der Waals surface area contributed by atoms with Gasteiger partial charge in [-0.25, -0.2) is 4.39 Å². The van der Waals surface area contributed by atoms with E-state index in [9.17, 15) is 9.18 Å². The summed E-state index contributed by atoms with van der Waals surface area (Å²) in [4.78, 5) is 13.3. The van der Waals surface area contributed by atoms with Crippen LogP contribution in [0.1, 0.15) is 43.7 Å². The molecule has 1 aliphatic heterocycles. The molecule has 1 unspecified atom stereocenters. The molecule has 2 aliphatic rings. The maximum absolute atomic E-state index is 13.6. The van der Waals surface area contributed by atoms with E-state index in [-0.39, 0.29) is 22.9 Å². The van der Waals surface area contributed by atoms with Gasteiger partial charge in [0.15, 0.2) is 5.78 Å². The van der Waals surface area contributed by atoms with Crippen LogP contribution in [0.3, 0.4) is 0 Å². The van der Waals surface area contributed by atoms with Gasteiger partial charge in [0.1, 0.15) is 17.3 Å². The first-order valence-electron chi connectivity index (χ1n) is 9.74. The standard InChI is InChI=1S/C25H20BrFO2/c1-25(2)12-19(28)24-21(13-25)29-20-10-5-15-11-16(26)6-9-18(15)23(20)22(24)14-3-7-17(27)8-4-14/h3-11,22H,12-13H2,1-2H3. The lowest BCUT2D eigenvalue weighted by molar-refractivity contribution is -0.118. The first kappa shape index (κ1) is 18.6. The van der Waals surface area contributed by atoms with Gasteiger partial charge in [-0.05, 0) is 52.1 Å². The Kier molecular flexibility index (Phi) is 4.18. The molecule has 29 heavy (non-hydrogen) atoms. The molecule has 3 aromatic carbocycles. The number of carbonyl (C=O) groups is 1. The SMILES string of the molecule is CC1(C)CC(=O)C2=C(C1)Oc1ccc3cc(Br)ccc3c1C2c1ccc(F)cc1. The maximum atomic E-state index is 13.6. The summed E-state index contributed by atoms with van der Waals surface area (Å²) >= 11 is 3.54. The highest BCUT2D eigenvalue weighted by atomic mass is 79.9. The van der Waals surface area contributed by atoms with Gasteiger partial charge in [-0.2, -0.15) is 0 Å². The van der Waals surface area contributed by atoms with Gasteiger partial charge in [-0.15, -0.1) is 0 Å². The molecule has 1 heterocycles. The summed E-state index contributed by atoms with van der Waals surface area (Å²) in [6.45, 7) is 4.19. The lowest BCUT2D eigenvalue weighted by Gasteiger charge is -2.38. The molecule has 0 spiro atoms.